The smallest absolute Gasteiger partial charge is 0.128 e. The third-order valence-electron chi connectivity index (χ3n) is 6.26. The first-order valence-corrected chi connectivity index (χ1v) is 14.9. The van der Waals surface area contributed by atoms with Crippen molar-refractivity contribution in [2.24, 2.45) is 0 Å². The number of benzene rings is 5. The van der Waals surface area contributed by atoms with E-state index in [4.69, 9.17) is 4.74 Å². The van der Waals surface area contributed by atoms with Gasteiger partial charge in [0, 0.05) is 11.1 Å². The van der Waals surface area contributed by atoms with Gasteiger partial charge in [0.15, 0.2) is 0 Å². The zero-order valence-electron chi connectivity index (χ0n) is 19.3. The molecular formula is C30H28O2Si. The van der Waals surface area contributed by atoms with E-state index in [-0.39, 0.29) is 5.75 Å². The van der Waals surface area contributed by atoms with Crippen molar-refractivity contribution in [3.63, 3.8) is 0 Å². The molecular weight excluding hydrogens is 420 g/mol. The molecule has 0 saturated carbocycles. The molecule has 0 unspecified atom stereocenters. The van der Waals surface area contributed by atoms with Crippen LogP contribution < -0.4 is 9.92 Å². The standard InChI is InChI=1S/C30H28O2Si/c1-33(2,3)24-16-12-21(13-17-24)20-32-28-19-15-23-9-5-7-11-26(23)30(28)29-25-10-6-4-8-22(25)14-18-27(29)31/h4-19,31H,20H2,1-3H3. The summed E-state index contributed by atoms with van der Waals surface area (Å²) in [6, 6.07) is 33.1. The molecule has 0 bridgehead atoms. The van der Waals surface area contributed by atoms with Crippen molar-refractivity contribution in [2.45, 2.75) is 26.2 Å². The maximum absolute atomic E-state index is 11.0. The Morgan fingerprint density at radius 2 is 1.21 bits per heavy atom. The SMILES string of the molecule is C[Si](C)(C)c1ccc(COc2ccc3ccccc3c2-c2c(O)ccc3ccccc23)cc1. The number of rotatable bonds is 5. The molecule has 2 nitrogen and oxygen atoms in total. The van der Waals surface area contributed by atoms with Gasteiger partial charge in [-0.3, -0.25) is 0 Å². The predicted octanol–water partition coefficient (Wildman–Crippen LogP) is 7.49. The van der Waals surface area contributed by atoms with Crippen LogP contribution >= 0.6 is 0 Å². The van der Waals surface area contributed by atoms with Crippen molar-refractivity contribution in [2.75, 3.05) is 0 Å². The summed E-state index contributed by atoms with van der Waals surface area (Å²) in [6.07, 6.45) is 0. The van der Waals surface area contributed by atoms with Crippen LogP contribution in [0.15, 0.2) is 97.1 Å². The maximum atomic E-state index is 11.0. The van der Waals surface area contributed by atoms with E-state index in [0.29, 0.717) is 6.61 Å². The highest BCUT2D eigenvalue weighted by atomic mass is 28.3. The molecule has 0 atom stereocenters. The maximum Gasteiger partial charge on any atom is 0.128 e. The normalized spacial score (nSPS) is 11.7. The molecule has 5 rings (SSSR count). The largest absolute Gasteiger partial charge is 0.507 e. The molecule has 0 aliphatic rings. The summed E-state index contributed by atoms with van der Waals surface area (Å²) in [6.45, 7) is 7.55. The second kappa shape index (κ2) is 8.42. The van der Waals surface area contributed by atoms with E-state index >= 15 is 0 Å². The fraction of sp³-hybridized carbons (Fsp3) is 0.133. The van der Waals surface area contributed by atoms with Gasteiger partial charge in [-0.2, -0.15) is 0 Å². The first-order valence-electron chi connectivity index (χ1n) is 11.4. The van der Waals surface area contributed by atoms with Crippen molar-refractivity contribution < 1.29 is 9.84 Å². The van der Waals surface area contributed by atoms with Crippen LogP contribution in [0.3, 0.4) is 0 Å². The minimum absolute atomic E-state index is 0.259. The van der Waals surface area contributed by atoms with Crippen LogP contribution in [0, 0.1) is 0 Å². The van der Waals surface area contributed by atoms with E-state index in [1.54, 1.807) is 6.07 Å². The van der Waals surface area contributed by atoms with E-state index in [0.717, 1.165) is 44.0 Å². The van der Waals surface area contributed by atoms with Gasteiger partial charge in [0.2, 0.25) is 0 Å². The van der Waals surface area contributed by atoms with E-state index in [2.05, 4.69) is 74.2 Å². The van der Waals surface area contributed by atoms with Gasteiger partial charge in [-0.05, 0) is 39.2 Å². The topological polar surface area (TPSA) is 29.5 Å². The van der Waals surface area contributed by atoms with Gasteiger partial charge in [0.05, 0.1) is 8.07 Å². The third kappa shape index (κ3) is 4.12. The van der Waals surface area contributed by atoms with Crippen LogP contribution in [-0.4, -0.2) is 13.2 Å². The lowest BCUT2D eigenvalue weighted by atomic mass is 9.92. The number of phenols is 1. The summed E-state index contributed by atoms with van der Waals surface area (Å²) in [5.41, 5.74) is 2.88. The molecule has 3 heteroatoms. The highest BCUT2D eigenvalue weighted by molar-refractivity contribution is 6.88. The second-order valence-corrected chi connectivity index (χ2v) is 14.7. The van der Waals surface area contributed by atoms with Gasteiger partial charge in [0.25, 0.3) is 0 Å². The summed E-state index contributed by atoms with van der Waals surface area (Å²) in [7, 11) is -1.33. The molecule has 0 saturated heterocycles. The number of hydrogen-bond acceptors (Lipinski definition) is 2. The van der Waals surface area contributed by atoms with Crippen molar-refractivity contribution >= 4 is 34.8 Å². The highest BCUT2D eigenvalue weighted by Gasteiger charge is 2.18. The minimum atomic E-state index is -1.33. The molecule has 164 valence electrons. The number of ether oxygens (including phenoxy) is 1. The van der Waals surface area contributed by atoms with E-state index < -0.39 is 8.07 Å². The Labute approximate surface area is 196 Å². The Hall–Kier alpha value is -3.56. The zero-order valence-corrected chi connectivity index (χ0v) is 20.3. The Kier molecular flexibility index (Phi) is 5.43. The molecule has 0 fully saturated rings. The predicted molar refractivity (Wildman–Crippen MR) is 142 cm³/mol. The molecule has 0 aliphatic carbocycles. The van der Waals surface area contributed by atoms with Crippen LogP contribution in [0.5, 0.6) is 11.5 Å². The fourth-order valence-electron chi connectivity index (χ4n) is 4.41. The average Bonchev–Trinajstić information content (AvgIpc) is 2.82. The van der Waals surface area contributed by atoms with Crippen LogP contribution in [0.2, 0.25) is 19.6 Å². The molecule has 5 aromatic carbocycles. The van der Waals surface area contributed by atoms with Crippen LogP contribution in [0.1, 0.15) is 5.56 Å². The highest BCUT2D eigenvalue weighted by Crippen LogP contribution is 2.45. The molecule has 0 amide bonds. The molecule has 33 heavy (non-hydrogen) atoms. The van der Waals surface area contributed by atoms with Gasteiger partial charge in [-0.1, -0.05) is 110 Å². The first kappa shape index (κ1) is 21.3. The van der Waals surface area contributed by atoms with E-state index in [9.17, 15) is 5.11 Å². The lowest BCUT2D eigenvalue weighted by molar-refractivity contribution is 0.308. The van der Waals surface area contributed by atoms with Gasteiger partial charge in [-0.15, -0.1) is 0 Å². The summed E-state index contributed by atoms with van der Waals surface area (Å²) in [4.78, 5) is 0. The Morgan fingerprint density at radius 3 is 1.85 bits per heavy atom. The molecule has 0 aromatic heterocycles. The average molecular weight is 449 g/mol. The molecule has 1 N–H and O–H groups in total. The summed E-state index contributed by atoms with van der Waals surface area (Å²) in [5.74, 6) is 1.03. The lowest BCUT2D eigenvalue weighted by Gasteiger charge is -2.19. The minimum Gasteiger partial charge on any atom is -0.507 e. The van der Waals surface area contributed by atoms with Crippen molar-refractivity contribution in [1.29, 1.82) is 0 Å². The number of fused-ring (bicyclic) bond motifs is 2. The van der Waals surface area contributed by atoms with Gasteiger partial charge < -0.3 is 9.84 Å². The third-order valence-corrected chi connectivity index (χ3v) is 8.33. The first-order chi connectivity index (χ1) is 15.9. The van der Waals surface area contributed by atoms with Gasteiger partial charge in [0.1, 0.15) is 18.1 Å². The van der Waals surface area contributed by atoms with E-state index in [1.165, 1.54) is 5.19 Å². The molecule has 0 radical (unpaired) electrons. The zero-order chi connectivity index (χ0) is 23.0. The molecule has 0 aliphatic heterocycles. The van der Waals surface area contributed by atoms with Crippen molar-refractivity contribution in [3.8, 4) is 22.6 Å². The van der Waals surface area contributed by atoms with Crippen LogP contribution in [0.25, 0.3) is 32.7 Å². The van der Waals surface area contributed by atoms with Crippen LogP contribution in [-0.2, 0) is 6.61 Å². The van der Waals surface area contributed by atoms with Crippen molar-refractivity contribution in [3.05, 3.63) is 103 Å². The van der Waals surface area contributed by atoms with Gasteiger partial charge in [-0.25, -0.2) is 0 Å². The second-order valence-electron chi connectivity index (χ2n) is 9.58. The fourth-order valence-corrected chi connectivity index (χ4v) is 5.58. The number of phenolic OH excluding ortho intramolecular Hbond substituents is 1. The van der Waals surface area contributed by atoms with Crippen LogP contribution in [0.4, 0.5) is 0 Å². The number of aromatic hydroxyl groups is 1. The summed E-state index contributed by atoms with van der Waals surface area (Å²) >= 11 is 0. The Balaban J connectivity index is 1.62. The summed E-state index contributed by atoms with van der Waals surface area (Å²) in [5, 5.41) is 16.7. The Morgan fingerprint density at radius 1 is 0.636 bits per heavy atom. The molecule has 0 heterocycles. The van der Waals surface area contributed by atoms with Crippen molar-refractivity contribution in [1.82, 2.24) is 0 Å². The monoisotopic (exact) mass is 448 g/mol. The molecule has 5 aromatic rings. The van der Waals surface area contributed by atoms with E-state index in [1.807, 2.05) is 36.4 Å². The van der Waals surface area contributed by atoms with Gasteiger partial charge >= 0.3 is 0 Å². The Bertz CT molecular complexity index is 1450. The quantitative estimate of drug-likeness (QED) is 0.282. The molecule has 0 spiro atoms. The number of hydrogen-bond donors (Lipinski definition) is 1. The summed E-state index contributed by atoms with van der Waals surface area (Å²) < 4.78 is 6.42. The lowest BCUT2D eigenvalue weighted by Crippen LogP contribution is -2.37.